The molecule has 5 heteroatoms. The number of primary amides is 1. The van der Waals surface area contributed by atoms with Gasteiger partial charge in [-0.05, 0) is 24.3 Å². The van der Waals surface area contributed by atoms with Gasteiger partial charge < -0.3 is 10.8 Å². The van der Waals surface area contributed by atoms with Gasteiger partial charge in [-0.2, -0.15) is 0 Å². The summed E-state index contributed by atoms with van der Waals surface area (Å²) in [4.78, 5) is 8.78. The molecule has 0 heterocycles. The fraction of sp³-hybridized carbons (Fsp3) is 0.462. The summed E-state index contributed by atoms with van der Waals surface area (Å²) in [7, 11) is 0. The number of hydrogen-bond acceptors (Lipinski definition) is 1. The van der Waals surface area contributed by atoms with Crippen LogP contribution in [0.15, 0.2) is 30.3 Å². The summed E-state index contributed by atoms with van der Waals surface area (Å²) in [6.07, 6.45) is 0.00709. The van der Waals surface area contributed by atoms with Gasteiger partial charge in [-0.25, -0.2) is 13.6 Å². The van der Waals surface area contributed by atoms with Crippen LogP contribution >= 0.6 is 0 Å². The fourth-order valence-corrected chi connectivity index (χ4v) is 2.10. The molecule has 0 aromatic heterocycles. The quantitative estimate of drug-likeness (QED) is 0.807. The van der Waals surface area contributed by atoms with Crippen molar-refractivity contribution in [2.75, 3.05) is 0 Å². The maximum atomic E-state index is 12.9. The van der Waals surface area contributed by atoms with E-state index < -0.39 is 12.0 Å². The number of rotatable bonds is 1. The Hall–Kier alpha value is -1.65. The Morgan fingerprint density at radius 3 is 2.11 bits per heavy atom. The highest BCUT2D eigenvalue weighted by molar-refractivity contribution is 5.61. The van der Waals surface area contributed by atoms with E-state index in [-0.39, 0.29) is 12.8 Å². The molecule has 1 amide bonds. The van der Waals surface area contributed by atoms with Gasteiger partial charge in [0, 0.05) is 12.8 Å². The molecule has 1 aromatic rings. The van der Waals surface area contributed by atoms with Crippen LogP contribution in [0.2, 0.25) is 0 Å². The lowest BCUT2D eigenvalue weighted by Crippen LogP contribution is -2.23. The summed E-state index contributed by atoms with van der Waals surface area (Å²) in [6, 6.07) is 9.98. The van der Waals surface area contributed by atoms with E-state index in [0.29, 0.717) is 18.8 Å². The molecule has 0 bridgehead atoms. The largest absolute Gasteiger partial charge is 0.465 e. The molecule has 3 N–H and O–H groups in total. The number of carbonyl (C=O) groups is 1. The van der Waals surface area contributed by atoms with Crippen molar-refractivity contribution in [2.24, 2.45) is 5.73 Å². The van der Waals surface area contributed by atoms with E-state index >= 15 is 0 Å². The number of alkyl halides is 2. The van der Waals surface area contributed by atoms with Crippen LogP contribution in [0.4, 0.5) is 13.6 Å². The van der Waals surface area contributed by atoms with Gasteiger partial charge in [0.2, 0.25) is 5.92 Å². The molecule has 1 aliphatic rings. The number of carboxylic acid groups (broad SMARTS) is 1. The van der Waals surface area contributed by atoms with Crippen molar-refractivity contribution in [3.8, 4) is 0 Å². The number of benzene rings is 1. The van der Waals surface area contributed by atoms with Crippen molar-refractivity contribution in [3.05, 3.63) is 35.9 Å². The zero-order chi connectivity index (χ0) is 13.6. The zero-order valence-electron chi connectivity index (χ0n) is 9.98. The number of nitrogens with two attached hydrogens (primary N) is 1. The Labute approximate surface area is 105 Å². The minimum atomic E-state index is -2.41. The smallest absolute Gasteiger partial charge is 0.402 e. The predicted octanol–water partition coefficient (Wildman–Crippen LogP) is 3.60. The second-order valence-electron chi connectivity index (χ2n) is 4.38. The van der Waals surface area contributed by atoms with Crippen LogP contribution < -0.4 is 5.73 Å². The van der Waals surface area contributed by atoms with Crippen LogP contribution in [0.1, 0.15) is 37.2 Å². The van der Waals surface area contributed by atoms with Gasteiger partial charge in [0.15, 0.2) is 0 Å². The molecular formula is C13H17F2NO2. The molecule has 0 aliphatic heterocycles. The Morgan fingerprint density at radius 1 is 1.22 bits per heavy atom. The molecule has 18 heavy (non-hydrogen) atoms. The first kappa shape index (κ1) is 14.4. The average Bonchev–Trinajstić information content (AvgIpc) is 2.29. The molecule has 0 unspecified atom stereocenters. The van der Waals surface area contributed by atoms with Gasteiger partial charge in [-0.1, -0.05) is 30.3 Å². The molecule has 100 valence electrons. The fourth-order valence-electron chi connectivity index (χ4n) is 2.10. The maximum absolute atomic E-state index is 12.9. The van der Waals surface area contributed by atoms with Gasteiger partial charge >= 0.3 is 6.09 Å². The van der Waals surface area contributed by atoms with Crippen LogP contribution in [-0.4, -0.2) is 17.1 Å². The van der Waals surface area contributed by atoms with Crippen LogP contribution in [0.3, 0.4) is 0 Å². The molecule has 0 radical (unpaired) electrons. The van der Waals surface area contributed by atoms with Crippen LogP contribution in [0.25, 0.3) is 0 Å². The highest BCUT2D eigenvalue weighted by atomic mass is 19.3. The third-order valence-electron chi connectivity index (χ3n) is 2.99. The molecular weight excluding hydrogens is 240 g/mol. The van der Waals surface area contributed by atoms with E-state index in [0.717, 1.165) is 0 Å². The summed E-state index contributed by atoms with van der Waals surface area (Å²) in [5, 5.41) is 7.19. The van der Waals surface area contributed by atoms with E-state index in [9.17, 15) is 8.78 Å². The van der Waals surface area contributed by atoms with Crippen LogP contribution in [0.5, 0.6) is 0 Å². The third-order valence-corrected chi connectivity index (χ3v) is 2.99. The SMILES string of the molecule is FC1(F)CCC(c2ccccc2)CC1.NC(=O)O. The van der Waals surface area contributed by atoms with E-state index in [1.807, 2.05) is 30.3 Å². The Balaban J connectivity index is 0.000000357. The summed E-state index contributed by atoms with van der Waals surface area (Å²) >= 11 is 0. The summed E-state index contributed by atoms with van der Waals surface area (Å²) in [5.74, 6) is -2.07. The lowest BCUT2D eigenvalue weighted by atomic mass is 9.82. The van der Waals surface area contributed by atoms with Crippen molar-refractivity contribution in [1.82, 2.24) is 0 Å². The molecule has 1 aromatic carbocycles. The van der Waals surface area contributed by atoms with Crippen molar-refractivity contribution in [2.45, 2.75) is 37.5 Å². The molecule has 0 atom stereocenters. The summed E-state index contributed by atoms with van der Waals surface area (Å²) < 4.78 is 25.8. The summed E-state index contributed by atoms with van der Waals surface area (Å²) in [6.45, 7) is 0. The second kappa shape index (κ2) is 6.33. The summed E-state index contributed by atoms with van der Waals surface area (Å²) in [5.41, 5.74) is 5.24. The first-order valence-electron chi connectivity index (χ1n) is 5.82. The lowest BCUT2D eigenvalue weighted by molar-refractivity contribution is -0.0382. The van der Waals surface area contributed by atoms with Crippen LogP contribution in [-0.2, 0) is 0 Å². The van der Waals surface area contributed by atoms with Crippen molar-refractivity contribution in [1.29, 1.82) is 0 Å². The predicted molar refractivity (Wildman–Crippen MR) is 64.8 cm³/mol. The van der Waals surface area contributed by atoms with E-state index in [4.69, 9.17) is 9.90 Å². The Bertz CT molecular complexity index is 368. The third kappa shape index (κ3) is 5.12. The first-order chi connectivity index (χ1) is 8.41. The van der Waals surface area contributed by atoms with Gasteiger partial charge in [0.05, 0.1) is 0 Å². The number of halogens is 2. The standard InChI is InChI=1S/C12H14F2.CH3NO2/c13-12(14)8-6-11(7-9-12)10-4-2-1-3-5-10;2-1(3)4/h1-5,11H,6-9H2;2H2,(H,3,4). The van der Waals surface area contributed by atoms with E-state index in [1.54, 1.807) is 0 Å². The Kier molecular flexibility index (Phi) is 5.07. The highest BCUT2D eigenvalue weighted by Gasteiger charge is 2.35. The topological polar surface area (TPSA) is 63.3 Å². The van der Waals surface area contributed by atoms with Crippen molar-refractivity contribution in [3.63, 3.8) is 0 Å². The lowest BCUT2D eigenvalue weighted by Gasteiger charge is -2.28. The molecule has 1 aliphatic carbocycles. The average molecular weight is 257 g/mol. The monoisotopic (exact) mass is 257 g/mol. The molecule has 1 saturated carbocycles. The molecule has 0 saturated heterocycles. The van der Waals surface area contributed by atoms with Crippen molar-refractivity contribution < 1.29 is 18.7 Å². The highest BCUT2D eigenvalue weighted by Crippen LogP contribution is 2.40. The van der Waals surface area contributed by atoms with Gasteiger partial charge in [-0.15, -0.1) is 0 Å². The van der Waals surface area contributed by atoms with Gasteiger partial charge in [0.1, 0.15) is 0 Å². The Morgan fingerprint density at radius 2 is 1.67 bits per heavy atom. The number of hydrogen-bond donors (Lipinski definition) is 2. The second-order valence-corrected chi connectivity index (χ2v) is 4.38. The molecule has 3 nitrogen and oxygen atoms in total. The maximum Gasteiger partial charge on any atom is 0.402 e. The number of amides is 1. The molecule has 0 spiro atoms. The van der Waals surface area contributed by atoms with Gasteiger partial charge in [0.25, 0.3) is 0 Å². The van der Waals surface area contributed by atoms with E-state index in [2.05, 4.69) is 5.73 Å². The normalized spacial score (nSPS) is 18.6. The minimum Gasteiger partial charge on any atom is -0.465 e. The van der Waals surface area contributed by atoms with Crippen LogP contribution in [0, 0.1) is 0 Å². The zero-order valence-corrected chi connectivity index (χ0v) is 9.98. The first-order valence-corrected chi connectivity index (χ1v) is 5.82. The van der Waals surface area contributed by atoms with Gasteiger partial charge in [-0.3, -0.25) is 0 Å². The molecule has 2 rings (SSSR count). The van der Waals surface area contributed by atoms with Crippen molar-refractivity contribution >= 4 is 6.09 Å². The van der Waals surface area contributed by atoms with E-state index in [1.165, 1.54) is 5.56 Å². The molecule has 1 fully saturated rings. The minimum absolute atomic E-state index is 0.0482.